The number of aromatic hydroxyl groups is 2. The Labute approximate surface area is 277 Å². The number of carboxylic acids is 1. The molecule has 0 spiro atoms. The van der Waals surface area contributed by atoms with E-state index in [1.807, 2.05) is 0 Å². The standard InChI is InChI=1S/C35H28ClFN2O9/c1-35-21(31(43)39(34(35)47)15-7-11-23(37)22(36)12-15)14-20-17(29(35)28-24(40)4-3-5-26(28)48-2)9-10-19-27(20)32(44)38(30(19)42)16-6-8-18(33(45)46)25(41)13-16/h3-9,11-13,19-21,27,29,40-41H,10,14H2,1-2H3,(H,45,46)/t19-,20+,21-,27-,29+,35+/m0/s1. The van der Waals surface area contributed by atoms with Crippen molar-refractivity contribution in [2.45, 2.75) is 25.7 Å². The summed E-state index contributed by atoms with van der Waals surface area (Å²) in [5.41, 5.74) is -1.03. The van der Waals surface area contributed by atoms with E-state index in [1.54, 1.807) is 25.1 Å². The van der Waals surface area contributed by atoms with E-state index in [0.29, 0.717) is 5.57 Å². The molecule has 0 aromatic heterocycles. The molecule has 246 valence electrons. The van der Waals surface area contributed by atoms with Crippen LogP contribution in [0.15, 0.2) is 66.2 Å². The van der Waals surface area contributed by atoms with E-state index in [2.05, 4.69) is 0 Å². The largest absolute Gasteiger partial charge is 0.508 e. The van der Waals surface area contributed by atoms with E-state index in [0.717, 1.165) is 28.0 Å². The van der Waals surface area contributed by atoms with E-state index >= 15 is 0 Å². The first-order valence-corrected chi connectivity index (χ1v) is 15.5. The van der Waals surface area contributed by atoms with Gasteiger partial charge in [0.05, 0.1) is 46.7 Å². The van der Waals surface area contributed by atoms with Crippen molar-refractivity contribution in [3.05, 3.63) is 88.2 Å². The number of allylic oxidation sites excluding steroid dienone is 2. The smallest absolute Gasteiger partial charge is 0.339 e. The number of carboxylic acid groups (broad SMARTS) is 1. The molecule has 2 aliphatic heterocycles. The highest BCUT2D eigenvalue weighted by atomic mass is 35.5. The molecule has 0 radical (unpaired) electrons. The minimum absolute atomic E-state index is 0.00196. The van der Waals surface area contributed by atoms with Crippen molar-refractivity contribution >= 4 is 52.6 Å². The van der Waals surface area contributed by atoms with Crippen LogP contribution in [0.4, 0.5) is 15.8 Å². The number of anilines is 2. The number of benzene rings is 3. The van der Waals surface area contributed by atoms with Crippen LogP contribution >= 0.6 is 11.6 Å². The van der Waals surface area contributed by atoms with E-state index in [1.165, 1.54) is 31.4 Å². The zero-order chi connectivity index (χ0) is 34.4. The number of carbonyl (C=O) groups excluding carboxylic acids is 4. The van der Waals surface area contributed by atoms with Crippen LogP contribution in [0.1, 0.15) is 41.6 Å². The molecule has 11 nitrogen and oxygen atoms in total. The third kappa shape index (κ3) is 4.21. The lowest BCUT2D eigenvalue weighted by Crippen LogP contribution is -2.49. The fourth-order valence-corrected chi connectivity index (χ4v) is 8.46. The summed E-state index contributed by atoms with van der Waals surface area (Å²) in [7, 11) is 1.40. The maximum atomic E-state index is 14.6. The summed E-state index contributed by atoms with van der Waals surface area (Å²) < 4.78 is 19.8. The van der Waals surface area contributed by atoms with Crippen molar-refractivity contribution in [2.24, 2.45) is 29.1 Å². The quantitative estimate of drug-likeness (QED) is 0.249. The summed E-state index contributed by atoms with van der Waals surface area (Å²) in [5.74, 6) is -9.63. The number of amides is 4. The molecule has 48 heavy (non-hydrogen) atoms. The minimum Gasteiger partial charge on any atom is -0.508 e. The Kier molecular flexibility index (Phi) is 7.13. The number of ether oxygens (including phenoxy) is 1. The van der Waals surface area contributed by atoms with Crippen molar-refractivity contribution in [3.63, 3.8) is 0 Å². The van der Waals surface area contributed by atoms with Crippen LogP contribution in [0.2, 0.25) is 5.02 Å². The van der Waals surface area contributed by atoms with Crippen molar-refractivity contribution in [3.8, 4) is 17.2 Å². The predicted molar refractivity (Wildman–Crippen MR) is 168 cm³/mol. The van der Waals surface area contributed by atoms with Crippen molar-refractivity contribution in [1.82, 2.24) is 0 Å². The summed E-state index contributed by atoms with van der Waals surface area (Å²) in [6.45, 7) is 1.63. The Balaban J connectivity index is 1.38. The van der Waals surface area contributed by atoms with Gasteiger partial charge >= 0.3 is 5.97 Å². The van der Waals surface area contributed by atoms with Crippen molar-refractivity contribution < 1.29 is 48.4 Å². The lowest BCUT2D eigenvalue weighted by atomic mass is 9.51. The lowest BCUT2D eigenvalue weighted by molar-refractivity contribution is -0.131. The first-order valence-electron chi connectivity index (χ1n) is 15.1. The zero-order valence-corrected chi connectivity index (χ0v) is 26.3. The maximum absolute atomic E-state index is 14.6. The molecule has 4 amide bonds. The highest BCUT2D eigenvalue weighted by Gasteiger charge is 2.68. The molecular formula is C35H28ClFN2O9. The first kappa shape index (κ1) is 31.4. The average molecular weight is 675 g/mol. The number of phenolic OH excluding ortho intramolecular Hbond substituents is 1. The third-order valence-corrected chi connectivity index (χ3v) is 10.7. The van der Waals surface area contributed by atoms with Crippen LogP contribution in [0, 0.1) is 34.9 Å². The fourth-order valence-electron chi connectivity index (χ4n) is 8.29. The molecular weight excluding hydrogens is 647 g/mol. The summed E-state index contributed by atoms with van der Waals surface area (Å²) in [6.07, 6.45) is 1.89. The van der Waals surface area contributed by atoms with E-state index in [-0.39, 0.29) is 46.3 Å². The van der Waals surface area contributed by atoms with Gasteiger partial charge in [-0.25, -0.2) is 19.0 Å². The minimum atomic E-state index is -1.51. The number of carbonyl (C=O) groups is 5. The van der Waals surface area contributed by atoms with Gasteiger partial charge in [-0.15, -0.1) is 0 Å². The molecule has 2 heterocycles. The van der Waals surface area contributed by atoms with Gasteiger partial charge in [0.15, 0.2) is 0 Å². The normalized spacial score (nSPS) is 27.8. The highest BCUT2D eigenvalue weighted by Crippen LogP contribution is 2.65. The van der Waals surface area contributed by atoms with Crippen molar-refractivity contribution in [2.75, 3.05) is 16.9 Å². The number of methoxy groups -OCH3 is 1. The molecule has 3 aromatic rings. The number of rotatable bonds is 5. The molecule has 3 aromatic carbocycles. The van der Waals surface area contributed by atoms with Crippen LogP contribution in [-0.2, 0) is 19.2 Å². The van der Waals surface area contributed by atoms with Gasteiger partial charge in [0.25, 0.3) is 0 Å². The Morgan fingerprint density at radius 3 is 2.31 bits per heavy atom. The second-order valence-corrected chi connectivity index (χ2v) is 13.1. The SMILES string of the molecule is COc1cccc(O)c1[C@H]1C2=CC[C@@H]3C(=O)N(c4ccc(C(=O)O)c(O)c4)C(=O)[C@@H]3[C@@H]2C[C@H]2C(=O)N(c3ccc(F)c(Cl)c3)C(=O)[C@@]12C. The second-order valence-electron chi connectivity index (χ2n) is 12.7. The number of halogens is 2. The van der Waals surface area contributed by atoms with Crippen LogP contribution in [0.3, 0.4) is 0 Å². The monoisotopic (exact) mass is 674 g/mol. The fraction of sp³-hybridized carbons (Fsp3) is 0.286. The van der Waals surface area contributed by atoms with Gasteiger partial charge in [0.1, 0.15) is 28.6 Å². The Hall–Kier alpha value is -5.23. The number of phenols is 2. The summed E-state index contributed by atoms with van der Waals surface area (Å²) in [4.78, 5) is 70.2. The Bertz CT molecular complexity index is 2010. The summed E-state index contributed by atoms with van der Waals surface area (Å²) >= 11 is 6.05. The van der Waals surface area contributed by atoms with E-state index < -0.39 is 81.7 Å². The molecule has 3 N–H and O–H groups in total. The second kappa shape index (κ2) is 10.9. The lowest BCUT2D eigenvalue weighted by Gasteiger charge is -2.49. The zero-order valence-electron chi connectivity index (χ0n) is 25.5. The van der Waals surface area contributed by atoms with Gasteiger partial charge in [-0.2, -0.15) is 0 Å². The Morgan fingerprint density at radius 1 is 0.938 bits per heavy atom. The molecule has 0 bridgehead atoms. The van der Waals surface area contributed by atoms with Crippen LogP contribution < -0.4 is 14.5 Å². The number of fused-ring (bicyclic) bond motifs is 4. The molecule has 1 saturated carbocycles. The van der Waals surface area contributed by atoms with Crippen LogP contribution in [0.5, 0.6) is 17.2 Å². The number of hydrogen-bond acceptors (Lipinski definition) is 8. The van der Waals surface area contributed by atoms with Gasteiger partial charge in [0.2, 0.25) is 23.6 Å². The van der Waals surface area contributed by atoms with Gasteiger partial charge < -0.3 is 20.1 Å². The number of imide groups is 2. The Morgan fingerprint density at radius 2 is 1.65 bits per heavy atom. The number of hydrogen-bond donors (Lipinski definition) is 3. The van der Waals surface area contributed by atoms with Crippen LogP contribution in [0.25, 0.3) is 0 Å². The number of nitrogens with zero attached hydrogens (tertiary/aromatic N) is 2. The average Bonchev–Trinajstić information content (AvgIpc) is 3.42. The molecule has 2 aliphatic carbocycles. The topological polar surface area (TPSA) is 162 Å². The third-order valence-electron chi connectivity index (χ3n) is 10.5. The molecule has 13 heteroatoms. The summed E-state index contributed by atoms with van der Waals surface area (Å²) in [5, 5.41) is 30.7. The predicted octanol–water partition coefficient (Wildman–Crippen LogP) is 5.03. The molecule has 3 fully saturated rings. The van der Waals surface area contributed by atoms with Crippen molar-refractivity contribution in [1.29, 1.82) is 0 Å². The molecule has 6 atom stereocenters. The highest BCUT2D eigenvalue weighted by molar-refractivity contribution is 6.32. The molecule has 7 rings (SSSR count). The molecule has 4 aliphatic rings. The van der Waals surface area contributed by atoms with Gasteiger partial charge in [-0.05, 0) is 68.1 Å². The summed E-state index contributed by atoms with van der Waals surface area (Å²) in [6, 6.07) is 11.5. The van der Waals surface area contributed by atoms with Gasteiger partial charge in [-0.3, -0.25) is 19.2 Å². The van der Waals surface area contributed by atoms with Crippen LogP contribution in [-0.4, -0.2) is 52.0 Å². The van der Waals surface area contributed by atoms with Gasteiger partial charge in [-0.1, -0.05) is 29.3 Å². The maximum Gasteiger partial charge on any atom is 0.339 e. The van der Waals surface area contributed by atoms with Gasteiger partial charge in [0, 0.05) is 17.5 Å². The molecule has 2 saturated heterocycles. The van der Waals surface area contributed by atoms with E-state index in [9.17, 15) is 43.7 Å². The number of aromatic carboxylic acids is 1. The molecule has 0 unspecified atom stereocenters. The van der Waals surface area contributed by atoms with E-state index in [4.69, 9.17) is 16.3 Å². The first-order chi connectivity index (χ1) is 22.8.